The smallest absolute Gasteiger partial charge is 0.339 e. The number of furan rings is 1. The van der Waals surface area contributed by atoms with Crippen LogP contribution in [-0.4, -0.2) is 118 Å². The Balaban J connectivity index is 0.896. The van der Waals surface area contributed by atoms with Gasteiger partial charge in [0.1, 0.15) is 30.2 Å². The maximum Gasteiger partial charge on any atom is 0.339 e. The Morgan fingerprint density at radius 2 is 1.68 bits per heavy atom. The van der Waals surface area contributed by atoms with Crippen molar-refractivity contribution in [1.82, 2.24) is 10.2 Å². The van der Waals surface area contributed by atoms with Crippen molar-refractivity contribution in [1.29, 1.82) is 0 Å². The SMILES string of the molecule is CC1(C2CCCCC2)OC2C3(CCC(CO)C3)C(=O)OCC23C1C(=O)C(O)C1(C2CCCC(Cc4ccccc4)C2)C3CCC2(C)C(c3ccoc3CC(C(O)CO)C3CCC4C(C=CN5CNCC45)C3)OC(=O)C3OC321. The number of cyclic esters (lactones) is 2. The predicted molar refractivity (Wildman–Crippen MR) is 281 cm³/mol. The first-order valence-corrected chi connectivity index (χ1v) is 30.4. The summed E-state index contributed by atoms with van der Waals surface area (Å²) in [6.45, 7) is 5.67. The molecule has 6 aliphatic carbocycles. The van der Waals surface area contributed by atoms with Crippen LogP contribution in [0.15, 0.2) is 59.4 Å². The fraction of sp³-hybridized carbons (Fsp3) is 0.762. The highest BCUT2D eigenvalue weighted by atomic mass is 16.7. The number of allylic oxidation sites excluding steroid dienone is 1. The molecule has 418 valence electrons. The second-order valence-corrected chi connectivity index (χ2v) is 27.7. The molecule has 14 rings (SSSR count). The van der Waals surface area contributed by atoms with E-state index in [1.807, 2.05) is 12.1 Å². The van der Waals surface area contributed by atoms with Crippen molar-refractivity contribution in [2.45, 2.75) is 184 Å². The van der Waals surface area contributed by atoms with Crippen LogP contribution in [0.2, 0.25) is 0 Å². The van der Waals surface area contributed by atoms with Crippen molar-refractivity contribution in [2.24, 2.45) is 80.8 Å². The van der Waals surface area contributed by atoms with Crippen LogP contribution in [0.1, 0.15) is 146 Å². The summed E-state index contributed by atoms with van der Waals surface area (Å²) in [6, 6.07) is 12.9. The highest BCUT2D eigenvalue weighted by Crippen LogP contribution is 2.84. The molecule has 0 bridgehead atoms. The number of hydrogen-bond acceptors (Lipinski definition) is 14. The van der Waals surface area contributed by atoms with Crippen LogP contribution >= 0.6 is 0 Å². The summed E-state index contributed by atoms with van der Waals surface area (Å²) >= 11 is 0. The van der Waals surface area contributed by atoms with Crippen LogP contribution in [0.5, 0.6) is 0 Å². The third kappa shape index (κ3) is 7.06. The summed E-state index contributed by atoms with van der Waals surface area (Å²) in [5.41, 5.74) is -4.85. The van der Waals surface area contributed by atoms with Crippen LogP contribution in [0.4, 0.5) is 0 Å². The number of aliphatic hydroxyl groups excluding tert-OH is 4. The van der Waals surface area contributed by atoms with Gasteiger partial charge in [0, 0.05) is 47.4 Å². The van der Waals surface area contributed by atoms with Gasteiger partial charge in [-0.1, -0.05) is 75.4 Å². The third-order valence-corrected chi connectivity index (χ3v) is 24.7. The lowest BCUT2D eigenvalue weighted by atomic mass is 9.31. The van der Waals surface area contributed by atoms with Gasteiger partial charge in [-0.25, -0.2) is 4.79 Å². The van der Waals surface area contributed by atoms with E-state index < -0.39 is 81.2 Å². The molecule has 6 saturated carbocycles. The second kappa shape index (κ2) is 18.7. The maximum absolute atomic E-state index is 16.7. The van der Waals surface area contributed by atoms with Gasteiger partial charge in [-0.3, -0.25) is 14.9 Å². The highest BCUT2D eigenvalue weighted by molar-refractivity contribution is 5.93. The molecule has 14 nitrogen and oxygen atoms in total. The standard InChI is InChI=1S/C63H84N2O12/c1-58-22-19-49-61-34-74-57(72)60(23-18-38(30-60)32-66)56(61)77-59(2,41-13-7-4-8-14-41)51(61)50(69)52(70)62(49,42-15-9-12-37(27-42)26-36-10-5-3-6-11-36)63(58)54(76-63)55(71)75-53(58)44-21-25-73-48(44)29-45(47(68)33-67)39-16-17-43-40(28-39)20-24-65-35-64-31-46(43)65/h3,5-6,10-11,20-21,24-25,37-43,45-47,49,51-54,56,64,66-68,70H,4,7-9,12-19,22-23,26-35H2,1-2H3. The Kier molecular flexibility index (Phi) is 12.5. The Morgan fingerprint density at radius 1 is 0.857 bits per heavy atom. The lowest BCUT2D eigenvalue weighted by Gasteiger charge is -2.71. The number of aliphatic hydroxyl groups is 4. The minimum Gasteiger partial charge on any atom is -0.469 e. The quantitative estimate of drug-likeness (QED) is 0.110. The molecule has 5 saturated heterocycles. The number of nitrogens with zero attached hydrogens (tertiary/aromatic N) is 1. The largest absolute Gasteiger partial charge is 0.469 e. The van der Waals surface area contributed by atoms with Crippen molar-refractivity contribution >= 4 is 17.7 Å². The number of carbonyl (C=O) groups excluding carboxylic acids is 3. The lowest BCUT2D eigenvalue weighted by Crippen LogP contribution is -2.80. The average Bonchev–Trinajstić information content (AvgIpc) is 3.81. The Morgan fingerprint density at radius 3 is 2.47 bits per heavy atom. The minimum atomic E-state index is -1.52. The van der Waals surface area contributed by atoms with Gasteiger partial charge in [0.05, 0.1) is 48.7 Å². The van der Waals surface area contributed by atoms with Gasteiger partial charge in [0.25, 0.3) is 0 Å². The molecule has 1 aromatic heterocycles. The number of hydrogen-bond donors (Lipinski definition) is 5. The van der Waals surface area contributed by atoms with Gasteiger partial charge >= 0.3 is 11.9 Å². The summed E-state index contributed by atoms with van der Waals surface area (Å²) in [4.78, 5) is 49.3. The summed E-state index contributed by atoms with van der Waals surface area (Å²) in [7, 11) is 0. The number of epoxide rings is 1. The number of nitrogens with one attached hydrogen (secondary N) is 1. The van der Waals surface area contributed by atoms with Crippen LogP contribution in [0.25, 0.3) is 0 Å². The molecule has 7 heterocycles. The first kappa shape index (κ1) is 51.5. The Hall–Kier alpha value is -3.63. The maximum atomic E-state index is 16.7. The van der Waals surface area contributed by atoms with Crippen LogP contribution in [0, 0.1) is 80.8 Å². The summed E-state index contributed by atoms with van der Waals surface area (Å²) in [5.74, 6) is -1.15. The van der Waals surface area contributed by atoms with Crippen LogP contribution in [-0.2, 0) is 46.2 Å². The average molecular weight is 1060 g/mol. The van der Waals surface area contributed by atoms with Gasteiger partial charge < -0.3 is 48.7 Å². The molecule has 77 heavy (non-hydrogen) atoms. The molecule has 6 aliphatic heterocycles. The van der Waals surface area contributed by atoms with Crippen molar-refractivity contribution in [3.05, 3.63) is 71.8 Å². The van der Waals surface area contributed by atoms with E-state index in [1.165, 1.54) is 5.56 Å². The van der Waals surface area contributed by atoms with Gasteiger partial charge in [-0.2, -0.15) is 0 Å². The predicted octanol–water partition coefficient (Wildman–Crippen LogP) is 7.39. The number of ketones is 1. The lowest BCUT2D eigenvalue weighted by molar-refractivity contribution is -0.285. The van der Waals surface area contributed by atoms with Gasteiger partial charge in [0.15, 0.2) is 11.9 Å². The van der Waals surface area contributed by atoms with E-state index in [2.05, 4.69) is 60.6 Å². The fourth-order valence-electron chi connectivity index (χ4n) is 21.5. The molecular weight excluding hydrogens is 977 g/mol. The first-order valence-electron chi connectivity index (χ1n) is 30.4. The van der Waals surface area contributed by atoms with Gasteiger partial charge in [-0.15, -0.1) is 0 Å². The van der Waals surface area contributed by atoms with Crippen LogP contribution in [0.3, 0.4) is 0 Å². The topological polar surface area (TPSA) is 201 Å². The van der Waals surface area contributed by atoms with E-state index >= 15 is 9.59 Å². The second-order valence-electron chi connectivity index (χ2n) is 27.7. The molecule has 0 amide bonds. The number of fused-ring (bicyclic) bond motifs is 5. The van der Waals surface area contributed by atoms with Gasteiger partial charge in [0.2, 0.25) is 0 Å². The van der Waals surface area contributed by atoms with Gasteiger partial charge in [-0.05, 0) is 161 Å². The molecule has 1 aromatic carbocycles. The summed E-state index contributed by atoms with van der Waals surface area (Å²) in [6.07, 6.45) is 15.9. The normalized spacial score (nSPS) is 47.6. The molecular formula is C63H84N2O12. The zero-order chi connectivity index (χ0) is 52.9. The van der Waals surface area contributed by atoms with Crippen molar-refractivity contribution in [3.63, 3.8) is 0 Å². The molecule has 12 aliphatic rings. The zero-order valence-corrected chi connectivity index (χ0v) is 45.4. The number of carbonyl (C=O) groups is 3. The molecule has 21 atom stereocenters. The summed E-state index contributed by atoms with van der Waals surface area (Å²) < 4.78 is 35.1. The Bertz CT molecular complexity index is 2640. The molecule has 5 N–H and O–H groups in total. The Labute approximate surface area is 453 Å². The minimum absolute atomic E-state index is 0.0137. The molecule has 0 radical (unpaired) electrons. The molecule has 11 fully saturated rings. The third-order valence-electron chi connectivity index (χ3n) is 24.7. The van der Waals surface area contributed by atoms with E-state index in [9.17, 15) is 25.2 Å². The zero-order valence-electron chi connectivity index (χ0n) is 45.4. The van der Waals surface area contributed by atoms with Crippen molar-refractivity contribution in [3.8, 4) is 0 Å². The van der Waals surface area contributed by atoms with Crippen molar-refractivity contribution in [2.75, 3.05) is 33.0 Å². The summed E-state index contributed by atoms with van der Waals surface area (Å²) in [5, 5.41) is 50.9. The van der Waals surface area contributed by atoms with E-state index in [0.29, 0.717) is 67.7 Å². The highest BCUT2D eigenvalue weighted by Gasteiger charge is 2.94. The molecule has 14 heteroatoms. The monoisotopic (exact) mass is 1060 g/mol. The number of ether oxygens (including phenoxy) is 4. The number of esters is 2. The molecule has 3 spiro atoms. The van der Waals surface area contributed by atoms with Crippen molar-refractivity contribution < 1.29 is 58.2 Å². The van der Waals surface area contributed by atoms with E-state index in [1.54, 1.807) is 6.26 Å². The fourth-order valence-corrected chi connectivity index (χ4v) is 21.5. The van der Waals surface area contributed by atoms with E-state index in [4.69, 9.17) is 23.4 Å². The van der Waals surface area contributed by atoms with Crippen LogP contribution < -0.4 is 5.32 Å². The number of Topliss-reactive ketones (excluding diaryl/α,β-unsaturated/α-hetero) is 1. The molecule has 21 unspecified atom stereocenters. The van der Waals surface area contributed by atoms with E-state index in [0.717, 1.165) is 96.7 Å². The number of rotatable bonds is 11. The first-order chi connectivity index (χ1) is 37.3. The molecule has 2 aromatic rings. The van der Waals surface area contributed by atoms with E-state index in [-0.39, 0.29) is 67.1 Å². The number of benzene rings is 1.